The molecule has 0 aliphatic heterocycles. The lowest BCUT2D eigenvalue weighted by atomic mass is 10.0. The third-order valence-corrected chi connectivity index (χ3v) is 5.94. The van der Waals surface area contributed by atoms with E-state index in [2.05, 4.69) is 10.0 Å². The lowest BCUT2D eigenvalue weighted by molar-refractivity contribution is -0.129. The van der Waals surface area contributed by atoms with Crippen LogP contribution in [0, 0.1) is 17.4 Å². The molecule has 0 heterocycles. The van der Waals surface area contributed by atoms with Crippen molar-refractivity contribution in [2.24, 2.45) is 5.92 Å². The maximum absolute atomic E-state index is 12.8. The van der Waals surface area contributed by atoms with Crippen molar-refractivity contribution in [3.8, 4) is 11.9 Å². The molecular weight excluding hydrogens is 432 g/mol. The van der Waals surface area contributed by atoms with Gasteiger partial charge in [-0.25, -0.2) is 8.42 Å². The van der Waals surface area contributed by atoms with Crippen molar-refractivity contribution >= 4 is 27.5 Å². The number of hydrogen-bond acceptors (Lipinski definition) is 6. The molecule has 0 aliphatic carbocycles. The Kier molecular flexibility index (Phi) is 8.21. The van der Waals surface area contributed by atoms with E-state index in [0.717, 1.165) is 4.90 Å². The summed E-state index contributed by atoms with van der Waals surface area (Å²) in [5.41, 5.74) is 0.357. The molecule has 0 saturated carbocycles. The maximum atomic E-state index is 12.8. The van der Waals surface area contributed by atoms with Gasteiger partial charge in [-0.1, -0.05) is 19.9 Å². The number of nitriles is 1. The van der Waals surface area contributed by atoms with Crippen molar-refractivity contribution in [1.29, 1.82) is 5.26 Å². The summed E-state index contributed by atoms with van der Waals surface area (Å²) in [6.07, 6.45) is 2.08. The molecule has 2 N–H and O–H groups in total. The van der Waals surface area contributed by atoms with Crippen LogP contribution in [0.4, 0.5) is 5.69 Å². The predicted octanol–water partition coefficient (Wildman–Crippen LogP) is 2.58. The summed E-state index contributed by atoms with van der Waals surface area (Å²) in [6.45, 7) is 3.79. The first-order valence-electron chi connectivity index (χ1n) is 9.82. The van der Waals surface area contributed by atoms with Gasteiger partial charge in [0, 0.05) is 18.3 Å². The SMILES string of the molecule is COc1ccc(S(=O)(=O)Nc2cccc(C(=O)N[C@@H](CC(C)C)C(=O)N(C)C#N)c2)cc1. The first-order valence-corrected chi connectivity index (χ1v) is 11.3. The van der Waals surface area contributed by atoms with Gasteiger partial charge >= 0.3 is 0 Å². The number of nitrogens with zero attached hydrogens (tertiary/aromatic N) is 2. The highest BCUT2D eigenvalue weighted by atomic mass is 32.2. The van der Waals surface area contributed by atoms with Gasteiger partial charge < -0.3 is 10.1 Å². The van der Waals surface area contributed by atoms with E-state index in [1.54, 1.807) is 6.19 Å². The minimum absolute atomic E-state index is 0.0373. The Labute approximate surface area is 188 Å². The molecule has 170 valence electrons. The number of likely N-dealkylation sites (N-methyl/N-ethyl adjacent to an activating group) is 1. The molecule has 0 fully saturated rings. The van der Waals surface area contributed by atoms with Crippen LogP contribution in [0.5, 0.6) is 5.75 Å². The number of hydrogen-bond donors (Lipinski definition) is 2. The molecule has 2 aromatic carbocycles. The van der Waals surface area contributed by atoms with E-state index >= 15 is 0 Å². The Bertz CT molecular complexity index is 1110. The van der Waals surface area contributed by atoms with Crippen LogP contribution in [0.3, 0.4) is 0 Å². The second-order valence-electron chi connectivity index (χ2n) is 7.51. The zero-order valence-electron chi connectivity index (χ0n) is 18.3. The van der Waals surface area contributed by atoms with Gasteiger partial charge in [0.1, 0.15) is 11.8 Å². The highest BCUT2D eigenvalue weighted by molar-refractivity contribution is 7.92. The molecule has 1 atom stereocenters. The Morgan fingerprint density at radius 3 is 2.38 bits per heavy atom. The van der Waals surface area contributed by atoms with Crippen molar-refractivity contribution in [2.45, 2.75) is 31.2 Å². The fraction of sp³-hybridized carbons (Fsp3) is 0.318. The van der Waals surface area contributed by atoms with Crippen LogP contribution < -0.4 is 14.8 Å². The van der Waals surface area contributed by atoms with Gasteiger partial charge in [0.25, 0.3) is 21.8 Å². The second-order valence-corrected chi connectivity index (χ2v) is 9.20. The molecule has 0 aromatic heterocycles. The largest absolute Gasteiger partial charge is 0.497 e. The number of carbonyl (C=O) groups is 2. The molecule has 0 radical (unpaired) electrons. The molecule has 0 unspecified atom stereocenters. The van der Waals surface area contributed by atoms with Crippen LogP contribution in [-0.2, 0) is 14.8 Å². The molecule has 0 saturated heterocycles. The maximum Gasteiger partial charge on any atom is 0.261 e. The van der Waals surface area contributed by atoms with Gasteiger partial charge in [-0.2, -0.15) is 5.26 Å². The van der Waals surface area contributed by atoms with Gasteiger partial charge in [0.05, 0.1) is 12.0 Å². The van der Waals surface area contributed by atoms with Gasteiger partial charge in [-0.05, 0) is 54.8 Å². The summed E-state index contributed by atoms with van der Waals surface area (Å²) in [5.74, 6) is -0.458. The molecule has 0 bridgehead atoms. The lowest BCUT2D eigenvalue weighted by Gasteiger charge is -2.21. The number of amides is 2. The molecule has 0 spiro atoms. The number of methoxy groups -OCH3 is 1. The molecule has 32 heavy (non-hydrogen) atoms. The average molecular weight is 459 g/mol. The molecule has 2 rings (SSSR count). The summed E-state index contributed by atoms with van der Waals surface area (Å²) in [7, 11) is -1.07. The van der Waals surface area contributed by atoms with E-state index in [1.165, 1.54) is 62.7 Å². The Hall–Kier alpha value is -3.58. The predicted molar refractivity (Wildman–Crippen MR) is 119 cm³/mol. The number of benzene rings is 2. The second kappa shape index (κ2) is 10.6. The number of ether oxygens (including phenoxy) is 1. The van der Waals surface area contributed by atoms with Crippen molar-refractivity contribution < 1.29 is 22.7 Å². The highest BCUT2D eigenvalue weighted by Gasteiger charge is 2.25. The number of anilines is 1. The van der Waals surface area contributed by atoms with E-state index in [-0.39, 0.29) is 22.1 Å². The topological polar surface area (TPSA) is 129 Å². The number of nitrogens with one attached hydrogen (secondary N) is 2. The zero-order chi connectivity index (χ0) is 23.9. The van der Waals surface area contributed by atoms with Crippen LogP contribution in [0.15, 0.2) is 53.4 Å². The van der Waals surface area contributed by atoms with Crippen LogP contribution in [0.1, 0.15) is 30.6 Å². The fourth-order valence-corrected chi connectivity index (χ4v) is 3.96. The Balaban J connectivity index is 2.20. The van der Waals surface area contributed by atoms with Crippen LogP contribution >= 0.6 is 0 Å². The normalized spacial score (nSPS) is 11.9. The van der Waals surface area contributed by atoms with E-state index in [9.17, 15) is 18.0 Å². The molecule has 0 aliphatic rings. The van der Waals surface area contributed by atoms with Crippen molar-refractivity contribution in [2.75, 3.05) is 18.9 Å². The quantitative estimate of drug-likeness (QED) is 0.439. The van der Waals surface area contributed by atoms with Gasteiger partial charge in [0.15, 0.2) is 6.19 Å². The van der Waals surface area contributed by atoms with Gasteiger partial charge in [0.2, 0.25) is 0 Å². The zero-order valence-corrected chi connectivity index (χ0v) is 19.1. The first-order chi connectivity index (χ1) is 15.1. The average Bonchev–Trinajstić information content (AvgIpc) is 2.77. The molecule has 2 amide bonds. The van der Waals surface area contributed by atoms with Crippen molar-refractivity contribution in [3.63, 3.8) is 0 Å². The Morgan fingerprint density at radius 1 is 1.16 bits per heavy atom. The molecular formula is C22H26N4O5S. The molecule has 10 heteroatoms. The van der Waals surface area contributed by atoms with E-state index in [1.807, 2.05) is 13.8 Å². The summed E-state index contributed by atoms with van der Waals surface area (Å²) in [4.78, 5) is 26.1. The minimum atomic E-state index is -3.88. The lowest BCUT2D eigenvalue weighted by Crippen LogP contribution is -2.46. The van der Waals surface area contributed by atoms with Gasteiger partial charge in [-0.15, -0.1) is 0 Å². The highest BCUT2D eigenvalue weighted by Crippen LogP contribution is 2.20. The molecule has 9 nitrogen and oxygen atoms in total. The third kappa shape index (κ3) is 6.46. The van der Waals surface area contributed by atoms with Crippen LogP contribution in [-0.4, -0.2) is 45.3 Å². The van der Waals surface area contributed by atoms with Crippen molar-refractivity contribution in [1.82, 2.24) is 10.2 Å². The summed E-state index contributed by atoms with van der Waals surface area (Å²) >= 11 is 0. The number of rotatable bonds is 9. The van der Waals surface area contributed by atoms with Crippen LogP contribution in [0.25, 0.3) is 0 Å². The smallest absolute Gasteiger partial charge is 0.261 e. The number of carbonyl (C=O) groups excluding carboxylic acids is 2. The summed E-state index contributed by atoms with van der Waals surface area (Å²) < 4.78 is 32.8. The van der Waals surface area contributed by atoms with E-state index < -0.39 is 27.9 Å². The first kappa shape index (κ1) is 24.7. The summed E-state index contributed by atoms with van der Waals surface area (Å²) in [6, 6.07) is 10.9. The van der Waals surface area contributed by atoms with E-state index in [4.69, 9.17) is 10.00 Å². The fourth-order valence-electron chi connectivity index (χ4n) is 2.91. The summed E-state index contributed by atoms with van der Waals surface area (Å²) in [5, 5.41) is 11.6. The van der Waals surface area contributed by atoms with E-state index in [0.29, 0.717) is 12.2 Å². The standard InChI is InChI=1S/C22H26N4O5S/c1-15(2)12-20(22(28)26(3)14-23)24-21(27)16-6-5-7-17(13-16)25-32(29,30)19-10-8-18(31-4)9-11-19/h5-11,13,15,20,25H,12H2,1-4H3,(H,24,27)/t20-/m0/s1. The molecule has 2 aromatic rings. The van der Waals surface area contributed by atoms with Crippen LogP contribution in [0.2, 0.25) is 0 Å². The van der Waals surface area contributed by atoms with Gasteiger partial charge in [-0.3, -0.25) is 19.2 Å². The van der Waals surface area contributed by atoms with Crippen molar-refractivity contribution in [3.05, 3.63) is 54.1 Å². The third-order valence-electron chi connectivity index (χ3n) is 4.54. The monoisotopic (exact) mass is 458 g/mol. The Morgan fingerprint density at radius 2 is 1.81 bits per heavy atom. The number of sulfonamides is 1. The minimum Gasteiger partial charge on any atom is -0.497 e.